The van der Waals surface area contributed by atoms with Crippen LogP contribution >= 0.6 is 0 Å². The van der Waals surface area contributed by atoms with Crippen molar-refractivity contribution in [3.05, 3.63) is 54.0 Å². The zero-order valence-electron chi connectivity index (χ0n) is 10.1. The van der Waals surface area contributed by atoms with E-state index in [1.165, 1.54) is 6.20 Å². The third-order valence-corrected chi connectivity index (χ3v) is 2.24. The second kappa shape index (κ2) is 6.28. The van der Waals surface area contributed by atoms with Crippen molar-refractivity contribution in [3.63, 3.8) is 0 Å². The Morgan fingerprint density at radius 2 is 2.16 bits per heavy atom. The van der Waals surface area contributed by atoms with Crippen LogP contribution in [-0.2, 0) is 0 Å². The first-order chi connectivity index (χ1) is 9.29. The average Bonchev–Trinajstić information content (AvgIpc) is 2.46. The van der Waals surface area contributed by atoms with Crippen molar-refractivity contribution in [1.82, 2.24) is 9.97 Å². The van der Waals surface area contributed by atoms with Gasteiger partial charge in [0.2, 0.25) is 0 Å². The van der Waals surface area contributed by atoms with Crippen molar-refractivity contribution in [2.24, 2.45) is 5.73 Å². The Hall–Kier alpha value is -2.71. The lowest BCUT2D eigenvalue weighted by Gasteiger charge is -2.03. The molecule has 0 saturated carbocycles. The van der Waals surface area contributed by atoms with Gasteiger partial charge in [0.05, 0.1) is 6.54 Å². The fourth-order valence-electron chi connectivity index (χ4n) is 1.37. The first kappa shape index (κ1) is 12.7. The smallest absolute Gasteiger partial charge is 0.275 e. The van der Waals surface area contributed by atoms with Crippen LogP contribution in [0.15, 0.2) is 42.7 Å². The van der Waals surface area contributed by atoms with Crippen LogP contribution in [0, 0.1) is 11.8 Å². The van der Waals surface area contributed by atoms with E-state index in [1.807, 2.05) is 0 Å². The predicted octanol–water partition coefficient (Wildman–Crippen LogP) is 1.04. The summed E-state index contributed by atoms with van der Waals surface area (Å²) in [7, 11) is 0. The van der Waals surface area contributed by atoms with E-state index >= 15 is 0 Å². The number of anilines is 1. The quantitative estimate of drug-likeness (QED) is 0.782. The van der Waals surface area contributed by atoms with Crippen molar-refractivity contribution in [3.8, 4) is 11.8 Å². The van der Waals surface area contributed by atoms with Crippen LogP contribution in [0.2, 0.25) is 0 Å². The number of nitrogens with two attached hydrogens (primary N) is 1. The third kappa shape index (κ3) is 3.63. The number of aromatic nitrogens is 2. The van der Waals surface area contributed by atoms with Crippen molar-refractivity contribution in [2.45, 2.75) is 0 Å². The first-order valence-electron chi connectivity index (χ1n) is 5.67. The highest BCUT2D eigenvalue weighted by atomic mass is 16.1. The molecule has 2 aromatic heterocycles. The maximum Gasteiger partial charge on any atom is 0.275 e. The van der Waals surface area contributed by atoms with Crippen LogP contribution < -0.4 is 11.1 Å². The predicted molar refractivity (Wildman–Crippen MR) is 72.4 cm³/mol. The van der Waals surface area contributed by atoms with Crippen molar-refractivity contribution in [1.29, 1.82) is 0 Å². The summed E-state index contributed by atoms with van der Waals surface area (Å²) in [6, 6.07) is 8.61. The molecule has 2 rings (SSSR count). The number of amides is 1. The Bertz CT molecular complexity index is 611. The molecule has 0 aliphatic heterocycles. The molecule has 94 valence electrons. The minimum atomic E-state index is -0.308. The van der Waals surface area contributed by atoms with E-state index in [2.05, 4.69) is 27.1 Å². The van der Waals surface area contributed by atoms with Gasteiger partial charge in [0.1, 0.15) is 11.5 Å². The maximum atomic E-state index is 11.9. The van der Waals surface area contributed by atoms with E-state index in [4.69, 9.17) is 5.73 Å². The van der Waals surface area contributed by atoms with E-state index in [0.29, 0.717) is 18.1 Å². The Labute approximate surface area is 110 Å². The molecule has 0 fully saturated rings. The molecular formula is C14H12N4O. The molecule has 0 radical (unpaired) electrons. The molecule has 0 aliphatic rings. The minimum Gasteiger partial charge on any atom is -0.320 e. The van der Waals surface area contributed by atoms with Gasteiger partial charge in [0, 0.05) is 18.0 Å². The summed E-state index contributed by atoms with van der Waals surface area (Å²) in [4.78, 5) is 19.9. The highest BCUT2D eigenvalue weighted by molar-refractivity contribution is 6.02. The molecule has 5 nitrogen and oxygen atoms in total. The Morgan fingerprint density at radius 3 is 2.79 bits per heavy atom. The SMILES string of the molecule is NCC#Cc1ccc(C(=O)Nc2ccccn2)nc1. The van der Waals surface area contributed by atoms with Gasteiger partial charge >= 0.3 is 0 Å². The second-order valence-corrected chi connectivity index (χ2v) is 3.61. The number of nitrogens with one attached hydrogen (secondary N) is 1. The molecule has 0 aromatic carbocycles. The molecule has 0 unspecified atom stereocenters. The molecule has 2 aromatic rings. The summed E-state index contributed by atoms with van der Waals surface area (Å²) < 4.78 is 0. The van der Waals surface area contributed by atoms with Crippen molar-refractivity contribution in [2.75, 3.05) is 11.9 Å². The summed E-state index contributed by atoms with van der Waals surface area (Å²) in [5.74, 6) is 5.74. The van der Waals surface area contributed by atoms with Crippen LogP contribution in [-0.4, -0.2) is 22.4 Å². The van der Waals surface area contributed by atoms with Crippen LogP contribution in [0.3, 0.4) is 0 Å². The molecule has 0 atom stereocenters. The lowest BCUT2D eigenvalue weighted by atomic mass is 10.2. The summed E-state index contributed by atoms with van der Waals surface area (Å²) in [5.41, 5.74) is 6.31. The standard InChI is InChI=1S/C14H12N4O/c15-8-3-4-11-6-7-12(17-10-11)14(19)18-13-5-1-2-9-16-13/h1-2,5-7,9-10H,8,15H2,(H,16,18,19). The van der Waals surface area contributed by atoms with E-state index in [1.54, 1.807) is 36.5 Å². The van der Waals surface area contributed by atoms with Gasteiger partial charge < -0.3 is 11.1 Å². The first-order valence-corrected chi connectivity index (χ1v) is 5.67. The van der Waals surface area contributed by atoms with Crippen LogP contribution in [0.1, 0.15) is 16.1 Å². The fraction of sp³-hybridized carbons (Fsp3) is 0.0714. The molecule has 19 heavy (non-hydrogen) atoms. The molecule has 0 saturated heterocycles. The number of nitrogens with zero attached hydrogens (tertiary/aromatic N) is 2. The third-order valence-electron chi connectivity index (χ3n) is 2.24. The molecular weight excluding hydrogens is 240 g/mol. The molecule has 5 heteroatoms. The average molecular weight is 252 g/mol. The zero-order chi connectivity index (χ0) is 13.5. The van der Waals surface area contributed by atoms with Gasteiger partial charge in [0.25, 0.3) is 5.91 Å². The molecule has 0 spiro atoms. The number of carbonyl (C=O) groups is 1. The molecule has 3 N–H and O–H groups in total. The van der Waals surface area contributed by atoms with Gasteiger partial charge in [-0.1, -0.05) is 17.9 Å². The largest absolute Gasteiger partial charge is 0.320 e. The van der Waals surface area contributed by atoms with Crippen LogP contribution in [0.4, 0.5) is 5.82 Å². The summed E-state index contributed by atoms with van der Waals surface area (Å²) >= 11 is 0. The Balaban J connectivity index is 2.08. The van der Waals surface area contributed by atoms with Gasteiger partial charge in [-0.05, 0) is 24.3 Å². The van der Waals surface area contributed by atoms with Gasteiger partial charge in [-0.15, -0.1) is 0 Å². The van der Waals surface area contributed by atoms with Gasteiger partial charge in [-0.2, -0.15) is 0 Å². The van der Waals surface area contributed by atoms with Crippen LogP contribution in [0.5, 0.6) is 0 Å². The molecule has 2 heterocycles. The fourth-order valence-corrected chi connectivity index (χ4v) is 1.37. The van der Waals surface area contributed by atoms with Crippen LogP contribution in [0.25, 0.3) is 0 Å². The number of pyridine rings is 2. The van der Waals surface area contributed by atoms with Crippen molar-refractivity contribution < 1.29 is 4.79 Å². The zero-order valence-corrected chi connectivity index (χ0v) is 10.1. The molecule has 0 aliphatic carbocycles. The van der Waals surface area contributed by atoms with Crippen molar-refractivity contribution >= 4 is 11.7 Å². The van der Waals surface area contributed by atoms with Gasteiger partial charge in [-0.3, -0.25) is 4.79 Å². The van der Waals surface area contributed by atoms with E-state index < -0.39 is 0 Å². The van der Waals surface area contributed by atoms with E-state index in [-0.39, 0.29) is 5.91 Å². The number of carbonyl (C=O) groups excluding carboxylic acids is 1. The summed E-state index contributed by atoms with van der Waals surface area (Å²) in [6.07, 6.45) is 3.14. The topological polar surface area (TPSA) is 80.9 Å². The number of rotatable bonds is 2. The normalized spacial score (nSPS) is 9.32. The van der Waals surface area contributed by atoms with Gasteiger partial charge in [-0.25, -0.2) is 9.97 Å². The van der Waals surface area contributed by atoms with E-state index in [9.17, 15) is 4.79 Å². The summed E-state index contributed by atoms with van der Waals surface area (Å²) in [6.45, 7) is 0.294. The monoisotopic (exact) mass is 252 g/mol. The Morgan fingerprint density at radius 1 is 1.26 bits per heavy atom. The highest BCUT2D eigenvalue weighted by Crippen LogP contribution is 2.04. The number of hydrogen-bond acceptors (Lipinski definition) is 4. The maximum absolute atomic E-state index is 11.9. The van der Waals surface area contributed by atoms with E-state index in [0.717, 1.165) is 5.56 Å². The number of hydrogen-bond donors (Lipinski definition) is 2. The molecule has 1 amide bonds. The highest BCUT2D eigenvalue weighted by Gasteiger charge is 2.07. The minimum absolute atomic E-state index is 0.294. The lowest BCUT2D eigenvalue weighted by molar-refractivity contribution is 0.102. The van der Waals surface area contributed by atoms with Gasteiger partial charge in [0.15, 0.2) is 0 Å². The Kier molecular flexibility index (Phi) is 4.21. The second-order valence-electron chi connectivity index (χ2n) is 3.61. The summed E-state index contributed by atoms with van der Waals surface area (Å²) in [5, 5.41) is 2.65. The molecule has 0 bridgehead atoms. The lowest BCUT2D eigenvalue weighted by Crippen LogP contribution is -2.14.